The van der Waals surface area contributed by atoms with Crippen molar-refractivity contribution in [3.05, 3.63) is 34.9 Å². The molecule has 3 rings (SSSR count). The second-order valence-corrected chi connectivity index (χ2v) is 6.27. The molecule has 1 saturated carbocycles. The molecular weight excluding hydrogens is 260 g/mol. The zero-order valence-electron chi connectivity index (χ0n) is 11.1. The minimum Gasteiger partial charge on any atom is -0.375 e. The van der Waals surface area contributed by atoms with Crippen LogP contribution < -0.4 is 11.3 Å². The van der Waals surface area contributed by atoms with E-state index in [4.69, 9.17) is 22.2 Å². The predicted octanol–water partition coefficient (Wildman–Crippen LogP) is 3.19. The summed E-state index contributed by atoms with van der Waals surface area (Å²) < 4.78 is 5.99. The summed E-state index contributed by atoms with van der Waals surface area (Å²) in [6.07, 6.45) is 5.87. The van der Waals surface area contributed by atoms with E-state index in [1.807, 2.05) is 18.2 Å². The SMILES string of the molecule is NNC(c1cccc(Cl)c1)C1CCOC2(CCC2)C1. The van der Waals surface area contributed by atoms with E-state index in [0.717, 1.165) is 24.5 Å². The molecule has 0 aromatic heterocycles. The Bertz CT molecular complexity index is 448. The minimum atomic E-state index is 0.149. The standard InChI is InChI=1S/C15H21ClN2O/c16-13-4-1-3-11(9-13)14(18-17)12-5-8-19-15(10-12)6-2-7-15/h1,3-4,9,12,14,18H,2,5-8,10,17H2. The van der Waals surface area contributed by atoms with Crippen LogP contribution in [-0.4, -0.2) is 12.2 Å². The van der Waals surface area contributed by atoms with E-state index in [1.54, 1.807) is 0 Å². The number of hydrazine groups is 1. The number of halogens is 1. The van der Waals surface area contributed by atoms with Gasteiger partial charge in [-0.3, -0.25) is 11.3 Å². The van der Waals surface area contributed by atoms with Crippen molar-refractivity contribution >= 4 is 11.6 Å². The molecule has 1 spiro atoms. The molecular formula is C15H21ClN2O. The van der Waals surface area contributed by atoms with Gasteiger partial charge in [0.1, 0.15) is 0 Å². The van der Waals surface area contributed by atoms with Gasteiger partial charge in [0.15, 0.2) is 0 Å². The fourth-order valence-corrected chi connectivity index (χ4v) is 3.67. The van der Waals surface area contributed by atoms with Crippen molar-refractivity contribution in [2.45, 2.75) is 43.7 Å². The lowest BCUT2D eigenvalue weighted by Crippen LogP contribution is -2.48. The van der Waals surface area contributed by atoms with Gasteiger partial charge >= 0.3 is 0 Å². The van der Waals surface area contributed by atoms with E-state index < -0.39 is 0 Å². The summed E-state index contributed by atoms with van der Waals surface area (Å²) in [5.74, 6) is 6.33. The van der Waals surface area contributed by atoms with Crippen LogP contribution in [0.4, 0.5) is 0 Å². The Labute approximate surface area is 119 Å². The molecule has 4 heteroatoms. The predicted molar refractivity (Wildman–Crippen MR) is 76.8 cm³/mol. The Morgan fingerprint density at radius 1 is 1.42 bits per heavy atom. The molecule has 19 heavy (non-hydrogen) atoms. The third-order valence-corrected chi connectivity index (χ3v) is 4.89. The lowest BCUT2D eigenvalue weighted by Gasteiger charge is -2.48. The number of hydrogen-bond donors (Lipinski definition) is 2. The van der Waals surface area contributed by atoms with Gasteiger partial charge in [0, 0.05) is 17.7 Å². The van der Waals surface area contributed by atoms with E-state index in [-0.39, 0.29) is 11.6 Å². The van der Waals surface area contributed by atoms with Gasteiger partial charge in [-0.15, -0.1) is 0 Å². The Morgan fingerprint density at radius 3 is 2.89 bits per heavy atom. The molecule has 1 saturated heterocycles. The van der Waals surface area contributed by atoms with Gasteiger partial charge in [0.25, 0.3) is 0 Å². The summed E-state index contributed by atoms with van der Waals surface area (Å²) in [7, 11) is 0. The molecule has 2 unspecified atom stereocenters. The van der Waals surface area contributed by atoms with Crippen LogP contribution in [0.25, 0.3) is 0 Å². The highest BCUT2D eigenvalue weighted by Crippen LogP contribution is 2.47. The second kappa shape index (κ2) is 5.41. The van der Waals surface area contributed by atoms with Crippen molar-refractivity contribution in [2.24, 2.45) is 11.8 Å². The number of ether oxygens (including phenoxy) is 1. The molecule has 3 nitrogen and oxygen atoms in total. The maximum atomic E-state index is 6.09. The maximum absolute atomic E-state index is 6.09. The number of rotatable bonds is 3. The van der Waals surface area contributed by atoms with Crippen LogP contribution in [0.15, 0.2) is 24.3 Å². The van der Waals surface area contributed by atoms with Crippen molar-refractivity contribution < 1.29 is 4.74 Å². The minimum absolute atomic E-state index is 0.149. The van der Waals surface area contributed by atoms with E-state index >= 15 is 0 Å². The van der Waals surface area contributed by atoms with Crippen molar-refractivity contribution in [1.82, 2.24) is 5.43 Å². The first-order valence-corrected chi connectivity index (χ1v) is 7.46. The average Bonchev–Trinajstić information content (AvgIpc) is 2.38. The van der Waals surface area contributed by atoms with Crippen LogP contribution in [0.2, 0.25) is 5.02 Å². The van der Waals surface area contributed by atoms with Crippen LogP contribution in [0.3, 0.4) is 0 Å². The Kier molecular flexibility index (Phi) is 3.81. The van der Waals surface area contributed by atoms with Gasteiger partial charge in [0.05, 0.1) is 5.60 Å². The van der Waals surface area contributed by atoms with Crippen molar-refractivity contribution in [1.29, 1.82) is 0 Å². The molecule has 1 aliphatic carbocycles. The number of benzene rings is 1. The van der Waals surface area contributed by atoms with Crippen molar-refractivity contribution in [3.63, 3.8) is 0 Å². The summed E-state index contributed by atoms with van der Waals surface area (Å²) in [5.41, 5.74) is 4.31. The highest BCUT2D eigenvalue weighted by Gasteiger charge is 2.44. The van der Waals surface area contributed by atoms with E-state index in [0.29, 0.717) is 5.92 Å². The van der Waals surface area contributed by atoms with E-state index in [1.165, 1.54) is 24.8 Å². The first-order chi connectivity index (χ1) is 9.22. The lowest BCUT2D eigenvalue weighted by atomic mass is 9.70. The summed E-state index contributed by atoms with van der Waals surface area (Å²) in [6.45, 7) is 0.851. The van der Waals surface area contributed by atoms with Crippen molar-refractivity contribution in [3.8, 4) is 0 Å². The molecule has 1 aliphatic heterocycles. The first kappa shape index (κ1) is 13.4. The highest BCUT2D eigenvalue weighted by atomic mass is 35.5. The molecule has 104 valence electrons. The van der Waals surface area contributed by atoms with Crippen LogP contribution in [0.5, 0.6) is 0 Å². The fourth-order valence-electron chi connectivity index (χ4n) is 3.47. The molecule has 2 aliphatic rings. The molecule has 2 fully saturated rings. The summed E-state index contributed by atoms with van der Waals surface area (Å²) in [4.78, 5) is 0. The Balaban J connectivity index is 1.78. The average molecular weight is 281 g/mol. The van der Waals surface area contributed by atoms with E-state index in [9.17, 15) is 0 Å². The zero-order valence-corrected chi connectivity index (χ0v) is 11.8. The fraction of sp³-hybridized carbons (Fsp3) is 0.600. The Morgan fingerprint density at radius 2 is 2.26 bits per heavy atom. The second-order valence-electron chi connectivity index (χ2n) is 5.84. The number of hydrogen-bond acceptors (Lipinski definition) is 3. The molecule has 0 radical (unpaired) electrons. The third kappa shape index (κ3) is 2.65. The molecule has 0 bridgehead atoms. The zero-order chi connectivity index (χ0) is 13.3. The highest BCUT2D eigenvalue weighted by molar-refractivity contribution is 6.30. The summed E-state index contributed by atoms with van der Waals surface area (Å²) in [5, 5.41) is 0.767. The Hall–Kier alpha value is -0.610. The molecule has 3 N–H and O–H groups in total. The van der Waals surface area contributed by atoms with Crippen LogP contribution in [0.1, 0.15) is 43.7 Å². The molecule has 1 aromatic rings. The van der Waals surface area contributed by atoms with Gasteiger partial charge in [-0.05, 0) is 55.7 Å². The maximum Gasteiger partial charge on any atom is 0.0686 e. The molecule has 1 aromatic carbocycles. The quantitative estimate of drug-likeness (QED) is 0.660. The topological polar surface area (TPSA) is 47.3 Å². The van der Waals surface area contributed by atoms with Crippen molar-refractivity contribution in [2.75, 3.05) is 6.61 Å². The lowest BCUT2D eigenvalue weighted by molar-refractivity contribution is -0.147. The molecule has 1 heterocycles. The summed E-state index contributed by atoms with van der Waals surface area (Å²) in [6, 6.07) is 8.16. The van der Waals surface area contributed by atoms with Gasteiger partial charge in [-0.2, -0.15) is 0 Å². The van der Waals surface area contributed by atoms with E-state index in [2.05, 4.69) is 11.5 Å². The van der Waals surface area contributed by atoms with Gasteiger partial charge in [0.2, 0.25) is 0 Å². The van der Waals surface area contributed by atoms with Gasteiger partial charge in [-0.25, -0.2) is 0 Å². The monoisotopic (exact) mass is 280 g/mol. The molecule has 2 atom stereocenters. The van der Waals surface area contributed by atoms with Crippen LogP contribution >= 0.6 is 11.6 Å². The molecule has 0 amide bonds. The largest absolute Gasteiger partial charge is 0.375 e. The first-order valence-electron chi connectivity index (χ1n) is 7.08. The summed E-state index contributed by atoms with van der Waals surface area (Å²) >= 11 is 6.09. The van der Waals surface area contributed by atoms with Gasteiger partial charge < -0.3 is 4.74 Å². The smallest absolute Gasteiger partial charge is 0.0686 e. The number of nitrogens with one attached hydrogen (secondary N) is 1. The van der Waals surface area contributed by atoms with Crippen LogP contribution in [0, 0.1) is 5.92 Å². The number of nitrogens with two attached hydrogens (primary N) is 1. The van der Waals surface area contributed by atoms with Crippen LogP contribution in [-0.2, 0) is 4.74 Å². The third-order valence-electron chi connectivity index (χ3n) is 4.65. The normalized spacial score (nSPS) is 26.9. The van der Waals surface area contributed by atoms with Gasteiger partial charge in [-0.1, -0.05) is 23.7 Å².